The van der Waals surface area contributed by atoms with Crippen molar-refractivity contribution < 1.29 is 43.0 Å². The van der Waals surface area contributed by atoms with E-state index in [2.05, 4.69) is 15.6 Å². The largest absolute Gasteiger partial charge is 0.483 e. The van der Waals surface area contributed by atoms with Gasteiger partial charge >= 0.3 is 12.1 Å². The van der Waals surface area contributed by atoms with Gasteiger partial charge in [0.2, 0.25) is 11.8 Å². The van der Waals surface area contributed by atoms with E-state index in [0.29, 0.717) is 36.9 Å². The van der Waals surface area contributed by atoms with Gasteiger partial charge < -0.3 is 39.5 Å². The number of unbranched alkanes of at least 4 members (excludes halogenated alkanes) is 1. The van der Waals surface area contributed by atoms with E-state index in [4.69, 9.17) is 14.2 Å². The first kappa shape index (κ1) is 38.3. The Labute approximate surface area is 303 Å². The standard InChI is InChI=1S/C37H50N6O9/c1-4-5-20-51-37(49)42-18-16-41(17-19-42)36(48)27(13-14-33(45)50-3)40-34(46)29-22-31(26-12-11-24(2)21-28(26)39-29)52-23-32(44)43-15-7-10-30(43)35(47)38-25-8-6-9-25/h11-12,21-22,25,27,30H,4-10,13-20,23H2,1-3H3,(H,38,47)(H,40,46). The van der Waals surface area contributed by atoms with Crippen LogP contribution >= 0.6 is 0 Å². The highest BCUT2D eigenvalue weighted by Crippen LogP contribution is 2.28. The number of carbonyl (C=O) groups excluding carboxylic acids is 6. The van der Waals surface area contributed by atoms with Crippen LogP contribution in [0.15, 0.2) is 24.3 Å². The van der Waals surface area contributed by atoms with E-state index in [9.17, 15) is 28.8 Å². The zero-order valence-electron chi connectivity index (χ0n) is 30.3. The average molecular weight is 723 g/mol. The van der Waals surface area contributed by atoms with Gasteiger partial charge in [0, 0.05) is 56.6 Å². The van der Waals surface area contributed by atoms with Crippen LogP contribution in [0.1, 0.15) is 80.8 Å². The molecule has 2 unspecified atom stereocenters. The topological polar surface area (TPSA) is 177 Å². The van der Waals surface area contributed by atoms with Crippen LogP contribution in [0.3, 0.4) is 0 Å². The second-order valence-electron chi connectivity index (χ2n) is 13.6. The highest BCUT2D eigenvalue weighted by atomic mass is 16.6. The number of fused-ring (bicyclic) bond motifs is 1. The Morgan fingerprint density at radius 3 is 2.40 bits per heavy atom. The predicted molar refractivity (Wildman–Crippen MR) is 189 cm³/mol. The Hall–Kier alpha value is -4.95. The number of amides is 5. The van der Waals surface area contributed by atoms with Crippen LogP contribution in [0.5, 0.6) is 5.75 Å². The smallest absolute Gasteiger partial charge is 0.409 e. The lowest BCUT2D eigenvalue weighted by molar-refractivity contribution is -0.141. The molecule has 15 nitrogen and oxygen atoms in total. The van der Waals surface area contributed by atoms with Crippen molar-refractivity contribution in [3.05, 3.63) is 35.5 Å². The third-order valence-corrected chi connectivity index (χ3v) is 9.88. The van der Waals surface area contributed by atoms with E-state index in [1.54, 1.807) is 26.8 Å². The molecule has 3 fully saturated rings. The van der Waals surface area contributed by atoms with Crippen molar-refractivity contribution in [3.63, 3.8) is 0 Å². The maximum atomic E-state index is 13.8. The summed E-state index contributed by atoms with van der Waals surface area (Å²) in [4.78, 5) is 87.5. The van der Waals surface area contributed by atoms with E-state index in [-0.39, 0.29) is 74.9 Å². The lowest BCUT2D eigenvalue weighted by Gasteiger charge is -2.36. The molecule has 2 N–H and O–H groups in total. The number of esters is 1. The molecule has 5 amide bonds. The molecular formula is C37H50N6O9. The van der Waals surface area contributed by atoms with Gasteiger partial charge in [0.1, 0.15) is 23.5 Å². The van der Waals surface area contributed by atoms with Crippen molar-refractivity contribution in [3.8, 4) is 5.75 Å². The quantitative estimate of drug-likeness (QED) is 0.218. The molecule has 0 spiro atoms. The lowest BCUT2D eigenvalue weighted by atomic mass is 9.93. The monoisotopic (exact) mass is 722 g/mol. The summed E-state index contributed by atoms with van der Waals surface area (Å²) in [5.74, 6) is -1.84. The van der Waals surface area contributed by atoms with Crippen LogP contribution < -0.4 is 15.4 Å². The third kappa shape index (κ3) is 9.68. The first-order valence-electron chi connectivity index (χ1n) is 18.3. The number of methoxy groups -OCH3 is 1. The maximum absolute atomic E-state index is 13.8. The van der Waals surface area contributed by atoms with Crippen molar-refractivity contribution in [1.82, 2.24) is 30.3 Å². The summed E-state index contributed by atoms with van der Waals surface area (Å²) >= 11 is 0. The van der Waals surface area contributed by atoms with E-state index < -0.39 is 36.0 Å². The number of benzene rings is 1. The highest BCUT2D eigenvalue weighted by Gasteiger charge is 2.36. The number of piperazine rings is 1. The molecule has 1 aromatic carbocycles. The van der Waals surface area contributed by atoms with E-state index >= 15 is 0 Å². The number of aryl methyl sites for hydroxylation is 1. The molecule has 0 bridgehead atoms. The minimum atomic E-state index is -1.09. The van der Waals surface area contributed by atoms with Crippen LogP contribution in [-0.4, -0.2) is 127 Å². The lowest BCUT2D eigenvalue weighted by Crippen LogP contribution is -2.56. The van der Waals surface area contributed by atoms with Gasteiger partial charge in [0.15, 0.2) is 6.61 Å². The summed E-state index contributed by atoms with van der Waals surface area (Å²) in [6, 6.07) is 5.41. The molecule has 15 heteroatoms. The second kappa shape index (κ2) is 18.0. The van der Waals surface area contributed by atoms with Crippen molar-refractivity contribution in [2.45, 2.75) is 89.8 Å². The SMILES string of the molecule is CCCCOC(=O)N1CCN(C(=O)C(CCC(=O)OC)NC(=O)c2cc(OCC(=O)N3CCCC3C(=O)NC3CCC3)c3ccc(C)cc3n2)CC1. The van der Waals surface area contributed by atoms with Crippen molar-refractivity contribution in [2.24, 2.45) is 0 Å². The predicted octanol–water partition coefficient (Wildman–Crippen LogP) is 2.71. The fraction of sp³-hybridized carbons (Fsp3) is 0.595. The zero-order valence-corrected chi connectivity index (χ0v) is 30.3. The van der Waals surface area contributed by atoms with Crippen molar-refractivity contribution in [1.29, 1.82) is 0 Å². The molecule has 2 aromatic rings. The number of nitrogens with zero attached hydrogens (tertiary/aromatic N) is 4. The number of carbonyl (C=O) groups is 6. The van der Waals surface area contributed by atoms with Gasteiger partial charge in [0.05, 0.1) is 19.2 Å². The number of hydrogen-bond acceptors (Lipinski definition) is 10. The zero-order chi connectivity index (χ0) is 37.2. The summed E-state index contributed by atoms with van der Waals surface area (Å²) in [7, 11) is 1.25. The van der Waals surface area contributed by atoms with Crippen LogP contribution in [-0.2, 0) is 28.7 Å². The van der Waals surface area contributed by atoms with Crippen LogP contribution in [0.2, 0.25) is 0 Å². The molecule has 5 rings (SSSR count). The number of likely N-dealkylation sites (tertiary alicyclic amines) is 1. The Morgan fingerprint density at radius 1 is 0.962 bits per heavy atom. The number of pyridine rings is 1. The first-order chi connectivity index (χ1) is 25.1. The molecule has 52 heavy (non-hydrogen) atoms. The van der Waals surface area contributed by atoms with Gasteiger partial charge in [0.25, 0.3) is 11.8 Å². The molecule has 1 saturated carbocycles. The van der Waals surface area contributed by atoms with E-state index in [1.165, 1.54) is 13.2 Å². The minimum absolute atomic E-state index is 0.0214. The van der Waals surface area contributed by atoms with Crippen LogP contribution in [0.25, 0.3) is 10.9 Å². The fourth-order valence-corrected chi connectivity index (χ4v) is 6.53. The van der Waals surface area contributed by atoms with Gasteiger partial charge in [-0.1, -0.05) is 19.4 Å². The van der Waals surface area contributed by atoms with Gasteiger partial charge in [-0.25, -0.2) is 9.78 Å². The number of hydrogen-bond donors (Lipinski definition) is 2. The minimum Gasteiger partial charge on any atom is -0.483 e. The molecule has 1 aromatic heterocycles. The van der Waals surface area contributed by atoms with Crippen molar-refractivity contribution >= 4 is 46.6 Å². The second-order valence-corrected chi connectivity index (χ2v) is 13.6. The number of ether oxygens (including phenoxy) is 3. The summed E-state index contributed by atoms with van der Waals surface area (Å²) in [5, 5.41) is 6.38. The Kier molecular flexibility index (Phi) is 13.3. The number of rotatable bonds is 14. The summed E-state index contributed by atoms with van der Waals surface area (Å²) in [6.07, 6.45) is 5.40. The van der Waals surface area contributed by atoms with Crippen LogP contribution in [0, 0.1) is 6.92 Å². The van der Waals surface area contributed by atoms with Gasteiger partial charge in [-0.3, -0.25) is 24.0 Å². The van der Waals surface area contributed by atoms with E-state index in [0.717, 1.165) is 37.7 Å². The highest BCUT2D eigenvalue weighted by molar-refractivity contribution is 5.99. The van der Waals surface area contributed by atoms with Crippen molar-refractivity contribution in [2.75, 3.05) is 53.0 Å². The molecule has 2 saturated heterocycles. The molecule has 282 valence electrons. The first-order valence-corrected chi connectivity index (χ1v) is 18.3. The summed E-state index contributed by atoms with van der Waals surface area (Å²) in [6.45, 7) is 5.31. The Bertz CT molecular complexity index is 1640. The van der Waals surface area contributed by atoms with Crippen LogP contribution in [0.4, 0.5) is 4.79 Å². The Morgan fingerprint density at radius 2 is 1.71 bits per heavy atom. The summed E-state index contributed by atoms with van der Waals surface area (Å²) in [5.41, 5.74) is 1.29. The fourth-order valence-electron chi connectivity index (χ4n) is 6.53. The molecule has 3 heterocycles. The average Bonchev–Trinajstić information content (AvgIpc) is 3.63. The third-order valence-electron chi connectivity index (χ3n) is 9.88. The molecule has 1 aliphatic carbocycles. The number of aromatic nitrogens is 1. The molecule has 3 aliphatic rings. The van der Waals surface area contributed by atoms with Gasteiger partial charge in [-0.05, 0) is 69.6 Å². The molecular weight excluding hydrogens is 672 g/mol. The maximum Gasteiger partial charge on any atom is 0.409 e. The van der Waals surface area contributed by atoms with Gasteiger partial charge in [-0.15, -0.1) is 0 Å². The van der Waals surface area contributed by atoms with Gasteiger partial charge in [-0.2, -0.15) is 0 Å². The molecule has 2 atom stereocenters. The summed E-state index contributed by atoms with van der Waals surface area (Å²) < 4.78 is 16.1. The van der Waals surface area contributed by atoms with E-state index in [1.807, 2.05) is 19.9 Å². The number of nitrogens with one attached hydrogen (secondary N) is 2. The molecule has 2 aliphatic heterocycles. The normalized spacial score (nSPS) is 18.0. The molecule has 0 radical (unpaired) electrons. The Balaban J connectivity index is 1.28.